The van der Waals surface area contributed by atoms with Crippen molar-refractivity contribution < 1.29 is 13.2 Å². The lowest BCUT2D eigenvalue weighted by molar-refractivity contribution is -0.133. The molecule has 0 aromatic carbocycles. The Bertz CT molecular complexity index is 551. The minimum absolute atomic E-state index is 0.0963. The van der Waals surface area contributed by atoms with Gasteiger partial charge in [-0.15, -0.1) is 11.3 Å². The van der Waals surface area contributed by atoms with E-state index in [-0.39, 0.29) is 23.5 Å². The van der Waals surface area contributed by atoms with Gasteiger partial charge in [-0.25, -0.2) is 8.42 Å². The number of aryl methyl sites for hydroxylation is 1. The number of carbonyl (C=O) groups is 1. The van der Waals surface area contributed by atoms with E-state index in [4.69, 9.17) is 0 Å². The average Bonchev–Trinajstić information content (AvgIpc) is 3.06. The van der Waals surface area contributed by atoms with E-state index in [1.165, 1.54) is 4.88 Å². The van der Waals surface area contributed by atoms with E-state index in [9.17, 15) is 13.2 Å². The van der Waals surface area contributed by atoms with Gasteiger partial charge in [0.1, 0.15) is 0 Å². The molecule has 0 bridgehead atoms. The van der Waals surface area contributed by atoms with Crippen molar-refractivity contribution in [1.82, 2.24) is 4.90 Å². The highest BCUT2D eigenvalue weighted by Crippen LogP contribution is 2.20. The van der Waals surface area contributed by atoms with Gasteiger partial charge >= 0.3 is 0 Å². The molecule has 0 N–H and O–H groups in total. The van der Waals surface area contributed by atoms with Crippen molar-refractivity contribution in [3.8, 4) is 0 Å². The fourth-order valence-corrected chi connectivity index (χ4v) is 5.13. The lowest BCUT2D eigenvalue weighted by Gasteiger charge is -2.28. The fourth-order valence-electron chi connectivity index (χ4n) is 2.69. The maximum Gasteiger partial charge on any atom is 0.223 e. The molecule has 1 aliphatic rings. The Labute approximate surface area is 131 Å². The van der Waals surface area contributed by atoms with Crippen LogP contribution in [0, 0.1) is 0 Å². The van der Waals surface area contributed by atoms with Crippen molar-refractivity contribution in [1.29, 1.82) is 0 Å². The summed E-state index contributed by atoms with van der Waals surface area (Å²) in [7, 11) is -2.95. The summed E-state index contributed by atoms with van der Waals surface area (Å²) in [5, 5.41) is 2.01. The predicted molar refractivity (Wildman–Crippen MR) is 86.3 cm³/mol. The summed E-state index contributed by atoms with van der Waals surface area (Å²) < 4.78 is 23.3. The molecule has 21 heavy (non-hydrogen) atoms. The molecule has 2 rings (SSSR count). The number of amides is 1. The second-order valence-electron chi connectivity index (χ2n) is 5.58. The lowest BCUT2D eigenvalue weighted by Crippen LogP contribution is -2.41. The van der Waals surface area contributed by atoms with Gasteiger partial charge in [0.25, 0.3) is 0 Å². The summed E-state index contributed by atoms with van der Waals surface area (Å²) in [6.45, 7) is 2.76. The van der Waals surface area contributed by atoms with Crippen LogP contribution in [0.5, 0.6) is 0 Å². The number of nitrogens with zero attached hydrogens (tertiary/aromatic N) is 1. The van der Waals surface area contributed by atoms with Crippen LogP contribution in [-0.2, 0) is 21.1 Å². The molecular weight excluding hydrogens is 306 g/mol. The molecule has 1 atom stereocenters. The number of thiophene rings is 1. The van der Waals surface area contributed by atoms with Crippen LogP contribution in [0.3, 0.4) is 0 Å². The number of hydrogen-bond acceptors (Lipinski definition) is 4. The molecule has 1 aromatic heterocycles. The SMILES string of the molecule is CCCCN(C(=O)CCc1cccs1)C1CCS(=O)(=O)C1. The smallest absolute Gasteiger partial charge is 0.223 e. The van der Waals surface area contributed by atoms with Crippen LogP contribution in [0.25, 0.3) is 0 Å². The highest BCUT2D eigenvalue weighted by molar-refractivity contribution is 7.91. The van der Waals surface area contributed by atoms with Crippen molar-refractivity contribution >= 4 is 27.1 Å². The largest absolute Gasteiger partial charge is 0.339 e. The van der Waals surface area contributed by atoms with Crippen LogP contribution in [0.2, 0.25) is 0 Å². The van der Waals surface area contributed by atoms with Gasteiger partial charge in [-0.1, -0.05) is 19.4 Å². The Balaban J connectivity index is 1.96. The van der Waals surface area contributed by atoms with Gasteiger partial charge in [0.15, 0.2) is 9.84 Å². The van der Waals surface area contributed by atoms with Gasteiger partial charge in [0.2, 0.25) is 5.91 Å². The van der Waals surface area contributed by atoms with Crippen LogP contribution in [0.15, 0.2) is 17.5 Å². The second-order valence-corrected chi connectivity index (χ2v) is 8.84. The molecule has 6 heteroatoms. The fraction of sp³-hybridized carbons (Fsp3) is 0.667. The average molecular weight is 329 g/mol. The zero-order valence-electron chi connectivity index (χ0n) is 12.5. The molecule has 0 saturated carbocycles. The molecule has 1 aliphatic heterocycles. The number of carbonyl (C=O) groups excluding carboxylic acids is 1. The van der Waals surface area contributed by atoms with Gasteiger partial charge in [-0.3, -0.25) is 4.79 Å². The number of sulfone groups is 1. The molecule has 1 fully saturated rings. The van der Waals surface area contributed by atoms with Gasteiger partial charge in [0, 0.05) is 23.9 Å². The maximum absolute atomic E-state index is 12.5. The Morgan fingerprint density at radius 2 is 2.29 bits per heavy atom. The molecule has 118 valence electrons. The van der Waals surface area contributed by atoms with Crippen molar-refractivity contribution in [2.24, 2.45) is 0 Å². The van der Waals surface area contributed by atoms with Gasteiger partial charge in [-0.05, 0) is 30.7 Å². The summed E-state index contributed by atoms with van der Waals surface area (Å²) in [5.41, 5.74) is 0. The molecule has 1 saturated heterocycles. The number of hydrogen-bond donors (Lipinski definition) is 0. The number of rotatable bonds is 7. The van der Waals surface area contributed by atoms with E-state index in [1.54, 1.807) is 11.3 Å². The van der Waals surface area contributed by atoms with Crippen molar-refractivity contribution in [3.63, 3.8) is 0 Å². The highest BCUT2D eigenvalue weighted by Gasteiger charge is 2.34. The van der Waals surface area contributed by atoms with Gasteiger partial charge < -0.3 is 4.90 Å². The standard InChI is InChI=1S/C15H23NO3S2/c1-2-3-9-16(13-8-11-21(18,19)12-13)15(17)7-6-14-5-4-10-20-14/h4-5,10,13H,2-3,6-9,11-12H2,1H3. The normalized spacial score (nSPS) is 20.5. The first-order valence-corrected chi connectivity index (χ1v) is 10.2. The van der Waals surface area contributed by atoms with E-state index in [0.717, 1.165) is 19.3 Å². The van der Waals surface area contributed by atoms with Crippen molar-refractivity contribution in [2.45, 2.75) is 45.1 Å². The molecule has 1 amide bonds. The van der Waals surface area contributed by atoms with E-state index >= 15 is 0 Å². The Kier molecular flexibility index (Phi) is 5.81. The zero-order chi connectivity index (χ0) is 15.3. The Morgan fingerprint density at radius 3 is 2.86 bits per heavy atom. The van der Waals surface area contributed by atoms with E-state index < -0.39 is 9.84 Å². The van der Waals surface area contributed by atoms with E-state index in [0.29, 0.717) is 19.4 Å². The minimum Gasteiger partial charge on any atom is -0.339 e. The quantitative estimate of drug-likeness (QED) is 0.772. The summed E-state index contributed by atoms with van der Waals surface area (Å²) in [5.74, 6) is 0.457. The van der Waals surface area contributed by atoms with E-state index in [1.807, 2.05) is 22.4 Å². The van der Waals surface area contributed by atoms with E-state index in [2.05, 4.69) is 6.92 Å². The summed E-state index contributed by atoms with van der Waals surface area (Å²) in [4.78, 5) is 15.5. The third kappa shape index (κ3) is 4.81. The minimum atomic E-state index is -2.95. The van der Waals surface area contributed by atoms with Gasteiger partial charge in [0.05, 0.1) is 11.5 Å². The molecule has 0 spiro atoms. The summed E-state index contributed by atoms with van der Waals surface area (Å²) in [6, 6.07) is 3.91. The molecule has 2 heterocycles. The summed E-state index contributed by atoms with van der Waals surface area (Å²) >= 11 is 1.66. The molecule has 0 aliphatic carbocycles. The topological polar surface area (TPSA) is 54.5 Å². The monoisotopic (exact) mass is 329 g/mol. The summed E-state index contributed by atoms with van der Waals surface area (Å²) in [6.07, 6.45) is 3.76. The molecule has 1 unspecified atom stereocenters. The first-order chi connectivity index (χ1) is 10.0. The first kappa shape index (κ1) is 16.5. The van der Waals surface area contributed by atoms with Crippen molar-refractivity contribution in [2.75, 3.05) is 18.1 Å². The molecular formula is C15H23NO3S2. The Morgan fingerprint density at radius 1 is 1.48 bits per heavy atom. The van der Waals surface area contributed by atoms with Crippen LogP contribution in [-0.4, -0.2) is 43.3 Å². The van der Waals surface area contributed by atoms with Crippen LogP contribution >= 0.6 is 11.3 Å². The molecule has 1 aromatic rings. The van der Waals surface area contributed by atoms with Crippen molar-refractivity contribution in [3.05, 3.63) is 22.4 Å². The molecule has 0 radical (unpaired) electrons. The van der Waals surface area contributed by atoms with Crippen LogP contribution in [0.4, 0.5) is 0 Å². The molecule has 4 nitrogen and oxygen atoms in total. The third-order valence-corrected chi connectivity index (χ3v) is 6.57. The second kappa shape index (κ2) is 7.40. The lowest BCUT2D eigenvalue weighted by atomic mass is 10.1. The third-order valence-electron chi connectivity index (χ3n) is 3.89. The number of unbranched alkanes of at least 4 members (excludes halogenated alkanes) is 1. The maximum atomic E-state index is 12.5. The first-order valence-electron chi connectivity index (χ1n) is 7.54. The zero-order valence-corrected chi connectivity index (χ0v) is 14.1. The van der Waals surface area contributed by atoms with Crippen LogP contribution < -0.4 is 0 Å². The van der Waals surface area contributed by atoms with Gasteiger partial charge in [-0.2, -0.15) is 0 Å². The highest BCUT2D eigenvalue weighted by atomic mass is 32.2. The predicted octanol–water partition coefficient (Wildman–Crippen LogP) is 2.50. The van der Waals surface area contributed by atoms with Crippen LogP contribution in [0.1, 0.15) is 37.5 Å². The Hall–Kier alpha value is -0.880.